The number of nitrogens with two attached hydrogens (primary N) is 1. The summed E-state index contributed by atoms with van der Waals surface area (Å²) in [4.78, 5) is 24.6. The molecule has 0 saturated carbocycles. The number of carbonyl (C=O) groups excluding carboxylic acids is 1. The van der Waals surface area contributed by atoms with E-state index in [0.717, 1.165) is 5.56 Å². The Morgan fingerprint density at radius 1 is 1.47 bits per heavy atom. The van der Waals surface area contributed by atoms with Crippen molar-refractivity contribution < 1.29 is 14.7 Å². The van der Waals surface area contributed by atoms with Crippen LogP contribution in [0.25, 0.3) is 0 Å². The molecule has 1 atom stereocenters. The van der Waals surface area contributed by atoms with Gasteiger partial charge in [0.1, 0.15) is 0 Å². The lowest BCUT2D eigenvalue weighted by Crippen LogP contribution is -2.35. The van der Waals surface area contributed by atoms with Crippen LogP contribution in [0.2, 0.25) is 0 Å². The Labute approximate surface area is 85.7 Å². The molecule has 0 saturated heterocycles. The number of carbonyl (C=O) groups is 1. The van der Waals surface area contributed by atoms with E-state index in [1.807, 2.05) is 6.07 Å². The zero-order valence-electron chi connectivity index (χ0n) is 7.83. The summed E-state index contributed by atoms with van der Waals surface area (Å²) in [5.41, 5.74) is 6.24. The first-order chi connectivity index (χ1) is 7.09. The summed E-state index contributed by atoms with van der Waals surface area (Å²) in [5, 5.41) is 8.71. The molecule has 0 aliphatic carbocycles. The molecule has 15 heavy (non-hydrogen) atoms. The van der Waals surface area contributed by atoms with Gasteiger partial charge in [0.2, 0.25) is 0 Å². The zero-order valence-corrected chi connectivity index (χ0v) is 7.83. The minimum absolute atomic E-state index is 0.216. The SMILES string of the molecule is N[C@@H](Cc1ccccc1)C(=O)O[N+](=O)[O-]. The van der Waals surface area contributed by atoms with Crippen LogP contribution in [-0.4, -0.2) is 17.1 Å². The van der Waals surface area contributed by atoms with Crippen LogP contribution in [0, 0.1) is 10.1 Å². The predicted molar refractivity (Wildman–Crippen MR) is 51.2 cm³/mol. The first kappa shape index (κ1) is 11.1. The largest absolute Gasteiger partial charge is 0.320 e. The summed E-state index contributed by atoms with van der Waals surface area (Å²) in [6, 6.07) is 7.95. The van der Waals surface area contributed by atoms with E-state index in [1.54, 1.807) is 24.3 Å². The second kappa shape index (κ2) is 5.06. The maximum absolute atomic E-state index is 11.0. The highest BCUT2D eigenvalue weighted by Gasteiger charge is 2.17. The van der Waals surface area contributed by atoms with Crippen molar-refractivity contribution in [2.75, 3.05) is 0 Å². The van der Waals surface area contributed by atoms with E-state index in [4.69, 9.17) is 5.73 Å². The Balaban J connectivity index is 2.52. The van der Waals surface area contributed by atoms with E-state index < -0.39 is 17.1 Å². The zero-order chi connectivity index (χ0) is 11.3. The molecule has 0 aliphatic heterocycles. The highest BCUT2D eigenvalue weighted by Crippen LogP contribution is 2.02. The summed E-state index contributed by atoms with van der Waals surface area (Å²) in [5.74, 6) is -1.04. The van der Waals surface area contributed by atoms with Gasteiger partial charge in [0.25, 0.3) is 0 Å². The molecule has 0 bridgehead atoms. The van der Waals surface area contributed by atoms with Gasteiger partial charge >= 0.3 is 11.1 Å². The highest BCUT2D eigenvalue weighted by atomic mass is 17.0. The Kier molecular flexibility index (Phi) is 3.75. The summed E-state index contributed by atoms with van der Waals surface area (Å²) in [7, 11) is 0. The molecule has 1 aromatic rings. The van der Waals surface area contributed by atoms with Crippen LogP contribution >= 0.6 is 0 Å². The highest BCUT2D eigenvalue weighted by molar-refractivity contribution is 5.75. The van der Waals surface area contributed by atoms with Crippen LogP contribution in [0.15, 0.2) is 30.3 Å². The molecule has 6 nitrogen and oxygen atoms in total. The van der Waals surface area contributed by atoms with E-state index in [-0.39, 0.29) is 6.42 Å². The number of rotatable bonds is 4. The van der Waals surface area contributed by atoms with Crippen LogP contribution in [0.3, 0.4) is 0 Å². The molecule has 2 N–H and O–H groups in total. The maximum atomic E-state index is 11.0. The van der Waals surface area contributed by atoms with Crippen LogP contribution in [0.5, 0.6) is 0 Å². The molecule has 0 spiro atoms. The van der Waals surface area contributed by atoms with E-state index in [0.29, 0.717) is 0 Å². The second-order valence-electron chi connectivity index (χ2n) is 2.93. The van der Waals surface area contributed by atoms with Crippen LogP contribution in [-0.2, 0) is 16.1 Å². The molecule has 0 heterocycles. The first-order valence-electron chi connectivity index (χ1n) is 4.25. The standard InChI is InChI=1S/C9H10N2O4/c10-8(9(12)15-11(13)14)6-7-4-2-1-3-5-7/h1-5,8H,6,10H2/t8-/m0/s1. The van der Waals surface area contributed by atoms with Gasteiger partial charge in [-0.05, 0) is 12.0 Å². The predicted octanol–water partition coefficient (Wildman–Crippen LogP) is 0.291. The van der Waals surface area contributed by atoms with Crippen molar-refractivity contribution in [3.63, 3.8) is 0 Å². The third-order valence-electron chi connectivity index (χ3n) is 1.77. The van der Waals surface area contributed by atoms with Gasteiger partial charge in [-0.2, -0.15) is 0 Å². The normalized spacial score (nSPS) is 11.8. The van der Waals surface area contributed by atoms with Gasteiger partial charge in [0, 0.05) is 0 Å². The van der Waals surface area contributed by atoms with Gasteiger partial charge < -0.3 is 5.73 Å². The molecule has 0 radical (unpaired) electrons. The van der Waals surface area contributed by atoms with E-state index >= 15 is 0 Å². The number of hydrogen-bond acceptors (Lipinski definition) is 5. The van der Waals surface area contributed by atoms with Crippen molar-refractivity contribution >= 4 is 5.97 Å². The Morgan fingerprint density at radius 3 is 2.60 bits per heavy atom. The molecule has 6 heteroatoms. The quantitative estimate of drug-likeness (QED) is 0.569. The fourth-order valence-electron chi connectivity index (χ4n) is 1.09. The van der Waals surface area contributed by atoms with Crippen molar-refractivity contribution in [3.05, 3.63) is 46.0 Å². The summed E-state index contributed by atoms with van der Waals surface area (Å²) in [6.45, 7) is 0. The van der Waals surface area contributed by atoms with E-state index in [1.165, 1.54) is 0 Å². The van der Waals surface area contributed by atoms with Crippen molar-refractivity contribution in [2.45, 2.75) is 12.5 Å². The van der Waals surface area contributed by atoms with Gasteiger partial charge in [-0.1, -0.05) is 30.3 Å². The Morgan fingerprint density at radius 2 is 2.07 bits per heavy atom. The molecule has 0 aliphatic rings. The summed E-state index contributed by atoms with van der Waals surface area (Å²) >= 11 is 0. The average molecular weight is 210 g/mol. The maximum Gasteiger partial charge on any atom is 0.320 e. The van der Waals surface area contributed by atoms with Gasteiger partial charge in [0.05, 0.1) is 6.04 Å². The lowest BCUT2D eigenvalue weighted by Gasteiger charge is -2.07. The lowest BCUT2D eigenvalue weighted by molar-refractivity contribution is -0.729. The van der Waals surface area contributed by atoms with E-state index in [2.05, 4.69) is 4.84 Å². The molecule has 0 amide bonds. The van der Waals surface area contributed by atoms with Crippen molar-refractivity contribution in [1.82, 2.24) is 0 Å². The molecule has 1 rings (SSSR count). The molecule has 0 unspecified atom stereocenters. The average Bonchev–Trinajstić information content (AvgIpc) is 2.18. The Bertz CT molecular complexity index is 352. The molecular formula is C9H10N2O4. The third kappa shape index (κ3) is 3.74. The fraction of sp³-hybridized carbons (Fsp3) is 0.222. The molecule has 1 aromatic carbocycles. The van der Waals surface area contributed by atoms with Crippen molar-refractivity contribution in [2.24, 2.45) is 5.73 Å². The van der Waals surface area contributed by atoms with Crippen molar-refractivity contribution in [1.29, 1.82) is 0 Å². The second-order valence-corrected chi connectivity index (χ2v) is 2.93. The molecule has 80 valence electrons. The van der Waals surface area contributed by atoms with Gasteiger partial charge in [-0.15, -0.1) is 10.1 Å². The van der Waals surface area contributed by atoms with Crippen LogP contribution < -0.4 is 5.73 Å². The summed E-state index contributed by atoms with van der Waals surface area (Å²) in [6.07, 6.45) is 0.216. The topological polar surface area (TPSA) is 95.5 Å². The molecular weight excluding hydrogens is 200 g/mol. The fourth-order valence-corrected chi connectivity index (χ4v) is 1.09. The monoisotopic (exact) mass is 210 g/mol. The minimum Gasteiger partial charge on any atom is -0.319 e. The summed E-state index contributed by atoms with van der Waals surface area (Å²) < 4.78 is 0. The Hall–Kier alpha value is -1.95. The number of hydrogen-bond donors (Lipinski definition) is 1. The van der Waals surface area contributed by atoms with Gasteiger partial charge in [-0.3, -0.25) is 4.79 Å². The smallest absolute Gasteiger partial charge is 0.319 e. The van der Waals surface area contributed by atoms with Gasteiger partial charge in [-0.25, -0.2) is 4.84 Å². The van der Waals surface area contributed by atoms with Gasteiger partial charge in [0.15, 0.2) is 0 Å². The van der Waals surface area contributed by atoms with Crippen LogP contribution in [0.1, 0.15) is 5.56 Å². The lowest BCUT2D eigenvalue weighted by atomic mass is 10.1. The minimum atomic E-state index is -1.16. The first-order valence-corrected chi connectivity index (χ1v) is 4.25. The number of benzene rings is 1. The van der Waals surface area contributed by atoms with Crippen molar-refractivity contribution in [3.8, 4) is 0 Å². The third-order valence-corrected chi connectivity index (χ3v) is 1.77. The van der Waals surface area contributed by atoms with E-state index in [9.17, 15) is 14.9 Å². The van der Waals surface area contributed by atoms with Crippen LogP contribution in [0.4, 0.5) is 0 Å². The number of nitrogens with zero attached hydrogens (tertiary/aromatic N) is 1. The molecule has 0 aromatic heterocycles. The molecule has 0 fully saturated rings.